The molecule has 0 spiro atoms. The molecule has 0 aliphatic rings. The van der Waals surface area contributed by atoms with Crippen molar-refractivity contribution < 1.29 is 8.42 Å². The van der Waals surface area contributed by atoms with Crippen LogP contribution in [0.15, 0.2) is 30.6 Å². The van der Waals surface area contributed by atoms with Crippen LogP contribution in [0.1, 0.15) is 29.9 Å². The van der Waals surface area contributed by atoms with E-state index in [2.05, 4.69) is 19.9 Å². The van der Waals surface area contributed by atoms with E-state index in [1.807, 2.05) is 6.07 Å². The number of sulfonamides is 1. The number of nitrogens with zero attached hydrogens (tertiary/aromatic N) is 2. The Hall–Kier alpha value is -1.77. The molecule has 0 amide bonds. The van der Waals surface area contributed by atoms with Crippen LogP contribution >= 0.6 is 0 Å². The van der Waals surface area contributed by atoms with Crippen molar-refractivity contribution in [1.82, 2.24) is 19.9 Å². The first-order chi connectivity index (χ1) is 9.50. The van der Waals surface area contributed by atoms with Gasteiger partial charge in [-0.2, -0.15) is 5.10 Å². The molecule has 8 heteroatoms. The van der Waals surface area contributed by atoms with Crippen molar-refractivity contribution in [3.05, 3.63) is 47.5 Å². The molecule has 7 nitrogen and oxygen atoms in total. The number of hydrogen-bond acceptors (Lipinski definition) is 5. The quantitative estimate of drug-likeness (QED) is 0.715. The third kappa shape index (κ3) is 3.86. The first-order valence-corrected chi connectivity index (χ1v) is 7.78. The molecule has 1 unspecified atom stereocenters. The summed E-state index contributed by atoms with van der Waals surface area (Å²) in [6, 6.07) is 6.75. The second-order valence-electron chi connectivity index (χ2n) is 4.49. The third-order valence-corrected chi connectivity index (χ3v) is 4.21. The van der Waals surface area contributed by atoms with Crippen LogP contribution in [0.3, 0.4) is 0 Å². The zero-order valence-electron chi connectivity index (χ0n) is 11.1. The molecule has 108 valence electrons. The fraction of sp³-hybridized carbons (Fsp3) is 0.333. The van der Waals surface area contributed by atoms with Crippen LogP contribution < -0.4 is 10.5 Å². The molecule has 1 aromatic carbocycles. The molecular formula is C12H17N5O2S. The Morgan fingerprint density at radius 1 is 1.40 bits per heavy atom. The summed E-state index contributed by atoms with van der Waals surface area (Å²) < 4.78 is 26.8. The fourth-order valence-electron chi connectivity index (χ4n) is 1.86. The van der Waals surface area contributed by atoms with E-state index in [4.69, 9.17) is 5.73 Å². The minimum Gasteiger partial charge on any atom is -0.326 e. The summed E-state index contributed by atoms with van der Waals surface area (Å²) in [7, 11) is -3.46. The Morgan fingerprint density at radius 2 is 2.15 bits per heavy atom. The molecule has 0 saturated carbocycles. The highest BCUT2D eigenvalue weighted by Crippen LogP contribution is 2.12. The number of aromatic amines is 1. The van der Waals surface area contributed by atoms with Gasteiger partial charge >= 0.3 is 0 Å². The van der Waals surface area contributed by atoms with E-state index in [-0.39, 0.29) is 5.75 Å². The predicted molar refractivity (Wildman–Crippen MR) is 74.9 cm³/mol. The Morgan fingerprint density at radius 3 is 2.80 bits per heavy atom. The van der Waals surface area contributed by atoms with E-state index < -0.39 is 16.1 Å². The van der Waals surface area contributed by atoms with E-state index in [1.54, 1.807) is 25.1 Å². The van der Waals surface area contributed by atoms with Gasteiger partial charge in [0.05, 0.1) is 11.8 Å². The molecular weight excluding hydrogens is 278 g/mol. The highest BCUT2D eigenvalue weighted by atomic mass is 32.2. The van der Waals surface area contributed by atoms with Gasteiger partial charge < -0.3 is 5.73 Å². The number of nitrogens with two attached hydrogens (primary N) is 1. The maximum atomic E-state index is 12.1. The fourth-order valence-corrected chi connectivity index (χ4v) is 3.21. The van der Waals surface area contributed by atoms with E-state index in [0.717, 1.165) is 5.56 Å². The van der Waals surface area contributed by atoms with Gasteiger partial charge in [0.25, 0.3) is 0 Å². The molecule has 1 aromatic heterocycles. The van der Waals surface area contributed by atoms with Crippen molar-refractivity contribution in [2.75, 3.05) is 0 Å². The third-order valence-electron chi connectivity index (χ3n) is 2.78. The van der Waals surface area contributed by atoms with Gasteiger partial charge in [0.2, 0.25) is 10.0 Å². The molecule has 0 fully saturated rings. The first-order valence-electron chi connectivity index (χ1n) is 6.13. The average molecular weight is 295 g/mol. The normalized spacial score (nSPS) is 13.3. The lowest BCUT2D eigenvalue weighted by atomic mass is 10.1. The number of H-pyrrole nitrogens is 1. The standard InChI is InChI=1S/C12H17N5O2S/c1-9(12-14-8-15-16-12)17-20(18,19)7-11-4-2-3-10(5-11)6-13/h2-5,8-9,17H,6-7,13H2,1H3,(H,14,15,16). The molecule has 0 bridgehead atoms. The lowest BCUT2D eigenvalue weighted by Crippen LogP contribution is -2.28. The maximum Gasteiger partial charge on any atom is 0.216 e. The molecule has 0 saturated heterocycles. The smallest absolute Gasteiger partial charge is 0.216 e. The van der Waals surface area contributed by atoms with Crippen molar-refractivity contribution >= 4 is 10.0 Å². The van der Waals surface area contributed by atoms with Gasteiger partial charge in [0.15, 0.2) is 0 Å². The molecule has 2 rings (SSSR count). The average Bonchev–Trinajstić information content (AvgIpc) is 2.91. The SMILES string of the molecule is CC(NS(=O)(=O)Cc1cccc(CN)c1)c1ncn[nH]1. The van der Waals surface area contributed by atoms with Gasteiger partial charge in [-0.25, -0.2) is 18.1 Å². The van der Waals surface area contributed by atoms with Crippen LogP contribution in [0.5, 0.6) is 0 Å². The molecule has 0 radical (unpaired) electrons. The lowest BCUT2D eigenvalue weighted by molar-refractivity contribution is 0.559. The van der Waals surface area contributed by atoms with Crippen LogP contribution in [-0.2, 0) is 22.3 Å². The van der Waals surface area contributed by atoms with Crippen molar-refractivity contribution in [1.29, 1.82) is 0 Å². The summed E-state index contributed by atoms with van der Waals surface area (Å²) >= 11 is 0. The van der Waals surface area contributed by atoms with Crippen molar-refractivity contribution in [2.45, 2.75) is 25.3 Å². The molecule has 20 heavy (non-hydrogen) atoms. The van der Waals surface area contributed by atoms with Gasteiger partial charge in [-0.1, -0.05) is 24.3 Å². The molecule has 0 aliphatic heterocycles. The monoisotopic (exact) mass is 295 g/mol. The highest BCUT2D eigenvalue weighted by molar-refractivity contribution is 7.88. The van der Waals surface area contributed by atoms with Gasteiger partial charge in [0, 0.05) is 6.54 Å². The van der Waals surface area contributed by atoms with Crippen molar-refractivity contribution in [2.24, 2.45) is 5.73 Å². The Bertz CT molecular complexity index is 654. The van der Waals surface area contributed by atoms with Gasteiger partial charge in [-0.15, -0.1) is 0 Å². The highest BCUT2D eigenvalue weighted by Gasteiger charge is 2.18. The second-order valence-corrected chi connectivity index (χ2v) is 6.25. The summed E-state index contributed by atoms with van der Waals surface area (Å²) in [5, 5.41) is 6.33. The van der Waals surface area contributed by atoms with Crippen LogP contribution in [0, 0.1) is 0 Å². The first kappa shape index (κ1) is 14.6. The minimum atomic E-state index is -3.46. The Labute approximate surface area is 117 Å². The van der Waals surface area contributed by atoms with E-state index in [1.165, 1.54) is 6.33 Å². The van der Waals surface area contributed by atoms with E-state index in [0.29, 0.717) is 17.9 Å². The predicted octanol–water partition coefficient (Wildman–Crippen LogP) is 0.444. The topological polar surface area (TPSA) is 114 Å². The van der Waals surface area contributed by atoms with Crippen molar-refractivity contribution in [3.63, 3.8) is 0 Å². The van der Waals surface area contributed by atoms with Crippen LogP contribution in [0.25, 0.3) is 0 Å². The number of benzene rings is 1. The lowest BCUT2D eigenvalue weighted by Gasteiger charge is -2.12. The molecule has 0 aliphatic carbocycles. The molecule has 4 N–H and O–H groups in total. The van der Waals surface area contributed by atoms with E-state index in [9.17, 15) is 8.42 Å². The number of rotatable bonds is 6. The van der Waals surface area contributed by atoms with Crippen molar-refractivity contribution in [3.8, 4) is 0 Å². The second kappa shape index (κ2) is 6.12. The summed E-state index contributed by atoms with van der Waals surface area (Å²) in [6.07, 6.45) is 1.34. The number of aromatic nitrogens is 3. The Kier molecular flexibility index (Phi) is 4.48. The largest absolute Gasteiger partial charge is 0.326 e. The van der Waals surface area contributed by atoms with Gasteiger partial charge in [-0.05, 0) is 18.1 Å². The number of hydrogen-bond donors (Lipinski definition) is 3. The number of nitrogens with one attached hydrogen (secondary N) is 2. The summed E-state index contributed by atoms with van der Waals surface area (Å²) in [5.74, 6) is 0.378. The molecule has 1 atom stereocenters. The van der Waals surface area contributed by atoms with Crippen LogP contribution in [-0.4, -0.2) is 23.6 Å². The maximum absolute atomic E-state index is 12.1. The minimum absolute atomic E-state index is 0.0979. The summed E-state index contributed by atoms with van der Waals surface area (Å²) in [5.41, 5.74) is 7.15. The molecule has 2 aromatic rings. The summed E-state index contributed by atoms with van der Waals surface area (Å²) in [4.78, 5) is 3.92. The van der Waals surface area contributed by atoms with Crippen LogP contribution in [0.2, 0.25) is 0 Å². The molecule has 1 heterocycles. The van der Waals surface area contributed by atoms with Gasteiger partial charge in [0.1, 0.15) is 12.2 Å². The zero-order chi connectivity index (χ0) is 14.6. The van der Waals surface area contributed by atoms with E-state index >= 15 is 0 Å². The van der Waals surface area contributed by atoms with Gasteiger partial charge in [-0.3, -0.25) is 5.10 Å². The Balaban J connectivity index is 2.07. The van der Waals surface area contributed by atoms with Crippen LogP contribution in [0.4, 0.5) is 0 Å². The summed E-state index contributed by atoms with van der Waals surface area (Å²) in [6.45, 7) is 2.09. The zero-order valence-corrected chi connectivity index (χ0v) is 11.9.